The normalized spacial score (nSPS) is 11.3. The number of hydrogen-bond donors (Lipinski definition) is 3. The summed E-state index contributed by atoms with van der Waals surface area (Å²) in [6, 6.07) is 19.8. The maximum absolute atomic E-state index is 12.9. The summed E-state index contributed by atoms with van der Waals surface area (Å²) in [6.07, 6.45) is 0. The molecule has 0 spiro atoms. The number of carbonyl (C=O) groups is 1. The van der Waals surface area contributed by atoms with Gasteiger partial charge in [-0.3, -0.25) is 18.9 Å². The first-order chi connectivity index (χ1) is 15.2. The maximum atomic E-state index is 12.9. The van der Waals surface area contributed by atoms with Crippen LogP contribution in [0.3, 0.4) is 0 Å². The van der Waals surface area contributed by atoms with Crippen molar-refractivity contribution in [2.24, 2.45) is 5.14 Å². The molecule has 9 nitrogen and oxygen atoms in total. The standard InChI is InChI=1S/C22H19N5O4S/c1-14-24-20-8-3-2-7-19(20)22(29)27(14)18-11-9-15(10-12-18)21(28)25-16-5-4-6-17(13-16)26-32(23,30)31/h2-13,26H,1H3,(H,25,28)(H2,23,30,31). The van der Waals surface area contributed by atoms with Crippen molar-refractivity contribution in [3.8, 4) is 5.69 Å². The molecule has 0 saturated carbocycles. The Kier molecular flexibility index (Phi) is 5.47. The largest absolute Gasteiger partial charge is 0.322 e. The molecule has 3 aromatic carbocycles. The number of para-hydroxylation sites is 1. The third-order valence-electron chi connectivity index (χ3n) is 4.71. The van der Waals surface area contributed by atoms with Gasteiger partial charge in [0.2, 0.25) is 0 Å². The fourth-order valence-electron chi connectivity index (χ4n) is 3.34. The number of nitrogens with zero attached hydrogens (tertiary/aromatic N) is 2. The molecule has 0 fully saturated rings. The highest BCUT2D eigenvalue weighted by Crippen LogP contribution is 2.18. The van der Waals surface area contributed by atoms with Crippen LogP contribution in [0.25, 0.3) is 16.6 Å². The summed E-state index contributed by atoms with van der Waals surface area (Å²) in [5.74, 6) is 0.134. The molecule has 0 aliphatic carbocycles. The van der Waals surface area contributed by atoms with Crippen LogP contribution in [0, 0.1) is 6.92 Å². The van der Waals surface area contributed by atoms with E-state index in [-0.39, 0.29) is 11.2 Å². The summed E-state index contributed by atoms with van der Waals surface area (Å²) in [4.78, 5) is 30.0. The molecule has 10 heteroatoms. The van der Waals surface area contributed by atoms with E-state index in [2.05, 4.69) is 15.0 Å². The van der Waals surface area contributed by atoms with E-state index in [1.165, 1.54) is 16.7 Å². The van der Waals surface area contributed by atoms with Gasteiger partial charge in [-0.15, -0.1) is 0 Å². The SMILES string of the molecule is Cc1nc2ccccc2c(=O)n1-c1ccc(C(=O)Nc2cccc(NS(N)(=O)=O)c2)cc1. The van der Waals surface area contributed by atoms with E-state index < -0.39 is 16.1 Å². The Hall–Kier alpha value is -4.02. The highest BCUT2D eigenvalue weighted by atomic mass is 32.2. The minimum atomic E-state index is -3.92. The summed E-state index contributed by atoms with van der Waals surface area (Å²) in [5.41, 5.74) is 1.99. The van der Waals surface area contributed by atoms with Crippen molar-refractivity contribution in [2.75, 3.05) is 10.0 Å². The predicted octanol–water partition coefficient (Wildman–Crippen LogP) is 2.56. The first-order valence-electron chi connectivity index (χ1n) is 9.52. The fraction of sp³-hybridized carbons (Fsp3) is 0.0455. The molecule has 0 saturated heterocycles. The van der Waals surface area contributed by atoms with Crippen LogP contribution in [0.5, 0.6) is 0 Å². The zero-order chi connectivity index (χ0) is 22.9. The highest BCUT2D eigenvalue weighted by Gasteiger charge is 2.12. The zero-order valence-corrected chi connectivity index (χ0v) is 17.8. The zero-order valence-electron chi connectivity index (χ0n) is 16.9. The molecule has 0 aliphatic rings. The number of nitrogens with two attached hydrogens (primary N) is 1. The van der Waals surface area contributed by atoms with Crippen molar-refractivity contribution in [3.63, 3.8) is 0 Å². The number of hydrogen-bond acceptors (Lipinski definition) is 5. The average molecular weight is 449 g/mol. The van der Waals surface area contributed by atoms with Crippen LogP contribution in [0.15, 0.2) is 77.6 Å². The van der Waals surface area contributed by atoms with E-state index in [9.17, 15) is 18.0 Å². The van der Waals surface area contributed by atoms with Gasteiger partial charge < -0.3 is 5.32 Å². The van der Waals surface area contributed by atoms with E-state index in [0.29, 0.717) is 33.7 Å². The van der Waals surface area contributed by atoms with Crippen molar-refractivity contribution in [3.05, 3.63) is 94.5 Å². The molecular formula is C22H19N5O4S. The first kappa shape index (κ1) is 21.2. The quantitative estimate of drug-likeness (QED) is 0.430. The number of rotatable bonds is 5. The summed E-state index contributed by atoms with van der Waals surface area (Å²) in [7, 11) is -3.92. The average Bonchev–Trinajstić information content (AvgIpc) is 2.73. The van der Waals surface area contributed by atoms with E-state index in [4.69, 9.17) is 5.14 Å². The lowest BCUT2D eigenvalue weighted by Crippen LogP contribution is -2.22. The van der Waals surface area contributed by atoms with E-state index >= 15 is 0 Å². The minimum Gasteiger partial charge on any atom is -0.322 e. The van der Waals surface area contributed by atoms with Crippen molar-refractivity contribution in [2.45, 2.75) is 6.92 Å². The monoisotopic (exact) mass is 449 g/mol. The van der Waals surface area contributed by atoms with E-state index in [1.807, 2.05) is 6.07 Å². The van der Waals surface area contributed by atoms with Crippen molar-refractivity contribution < 1.29 is 13.2 Å². The summed E-state index contributed by atoms with van der Waals surface area (Å²) >= 11 is 0. The molecular weight excluding hydrogens is 430 g/mol. The number of fused-ring (bicyclic) bond motifs is 1. The second kappa shape index (κ2) is 8.25. The maximum Gasteiger partial charge on any atom is 0.296 e. The molecule has 0 atom stereocenters. The van der Waals surface area contributed by atoms with Crippen LogP contribution in [-0.2, 0) is 10.2 Å². The van der Waals surface area contributed by atoms with Gasteiger partial charge in [-0.05, 0) is 61.5 Å². The molecule has 1 heterocycles. The highest BCUT2D eigenvalue weighted by molar-refractivity contribution is 7.90. The topological polar surface area (TPSA) is 136 Å². The number of nitrogens with one attached hydrogen (secondary N) is 2. The van der Waals surface area contributed by atoms with E-state index in [1.54, 1.807) is 61.5 Å². The molecule has 1 amide bonds. The third-order valence-corrected chi connectivity index (χ3v) is 5.23. The number of benzene rings is 3. The Morgan fingerprint density at radius 3 is 2.38 bits per heavy atom. The smallest absolute Gasteiger partial charge is 0.296 e. The molecule has 0 unspecified atom stereocenters. The molecule has 0 bridgehead atoms. The van der Waals surface area contributed by atoms with Crippen LogP contribution >= 0.6 is 0 Å². The summed E-state index contributed by atoms with van der Waals surface area (Å²) in [5, 5.41) is 8.17. The van der Waals surface area contributed by atoms with Gasteiger partial charge in [-0.25, -0.2) is 10.1 Å². The lowest BCUT2D eigenvalue weighted by molar-refractivity contribution is 0.102. The van der Waals surface area contributed by atoms with Crippen LogP contribution in [0.1, 0.15) is 16.2 Å². The molecule has 4 rings (SSSR count). The fourth-order valence-corrected chi connectivity index (χ4v) is 3.79. The van der Waals surface area contributed by atoms with Crippen LogP contribution < -0.4 is 20.7 Å². The molecule has 4 N–H and O–H groups in total. The van der Waals surface area contributed by atoms with Crippen molar-refractivity contribution in [1.29, 1.82) is 0 Å². The molecule has 0 aliphatic heterocycles. The molecule has 0 radical (unpaired) electrons. The van der Waals surface area contributed by atoms with Crippen molar-refractivity contribution >= 4 is 38.4 Å². The Labute approximate surface area is 183 Å². The summed E-state index contributed by atoms with van der Waals surface area (Å²) < 4.78 is 26.0. The second-order valence-electron chi connectivity index (χ2n) is 7.05. The number of aryl methyl sites for hydroxylation is 1. The summed E-state index contributed by atoms with van der Waals surface area (Å²) in [6.45, 7) is 1.75. The van der Waals surface area contributed by atoms with Gasteiger partial charge in [0, 0.05) is 11.3 Å². The number of anilines is 2. The van der Waals surface area contributed by atoms with Gasteiger partial charge in [-0.1, -0.05) is 18.2 Å². The molecule has 1 aromatic heterocycles. The van der Waals surface area contributed by atoms with Gasteiger partial charge in [0.05, 0.1) is 22.3 Å². The number of aromatic nitrogens is 2. The predicted molar refractivity (Wildman–Crippen MR) is 123 cm³/mol. The van der Waals surface area contributed by atoms with Gasteiger partial charge in [-0.2, -0.15) is 8.42 Å². The second-order valence-corrected chi connectivity index (χ2v) is 8.34. The van der Waals surface area contributed by atoms with Gasteiger partial charge >= 0.3 is 0 Å². The Bertz CT molecular complexity index is 1500. The molecule has 162 valence electrons. The number of carbonyl (C=O) groups excluding carboxylic acids is 1. The molecule has 4 aromatic rings. The minimum absolute atomic E-state index is 0.190. The van der Waals surface area contributed by atoms with Crippen LogP contribution in [0.2, 0.25) is 0 Å². The Morgan fingerprint density at radius 2 is 1.66 bits per heavy atom. The lowest BCUT2D eigenvalue weighted by Gasteiger charge is -2.12. The van der Waals surface area contributed by atoms with E-state index in [0.717, 1.165) is 0 Å². The van der Waals surface area contributed by atoms with Crippen molar-refractivity contribution in [1.82, 2.24) is 9.55 Å². The lowest BCUT2D eigenvalue weighted by atomic mass is 10.1. The van der Waals surface area contributed by atoms with Crippen LogP contribution in [-0.4, -0.2) is 23.9 Å². The van der Waals surface area contributed by atoms with Gasteiger partial charge in [0.15, 0.2) is 0 Å². The first-order valence-corrected chi connectivity index (χ1v) is 11.1. The van der Waals surface area contributed by atoms with Crippen LogP contribution in [0.4, 0.5) is 11.4 Å². The number of amides is 1. The van der Waals surface area contributed by atoms with Gasteiger partial charge in [0.1, 0.15) is 5.82 Å². The Morgan fingerprint density at radius 1 is 0.969 bits per heavy atom. The third kappa shape index (κ3) is 4.51. The van der Waals surface area contributed by atoms with Gasteiger partial charge in [0.25, 0.3) is 21.7 Å². The molecule has 32 heavy (non-hydrogen) atoms. The Balaban J connectivity index is 1.59.